The highest BCUT2D eigenvalue weighted by Crippen LogP contribution is 2.23. The number of aryl methyl sites for hydroxylation is 1. The van der Waals surface area contributed by atoms with Crippen LogP contribution in [0.4, 0.5) is 13.2 Å². The fraction of sp³-hybridized carbons (Fsp3) is 0.667. The molecule has 0 aromatic carbocycles. The van der Waals surface area contributed by atoms with Gasteiger partial charge in [-0.05, 0) is 26.7 Å². The smallest absolute Gasteiger partial charge is 0.408 e. The van der Waals surface area contributed by atoms with E-state index in [1.165, 1.54) is 11.8 Å². The number of hydrogen-bond donors (Lipinski definition) is 1. The number of nitrogens with zero attached hydrogens (tertiary/aromatic N) is 3. The van der Waals surface area contributed by atoms with Crippen LogP contribution in [0.25, 0.3) is 0 Å². The zero-order valence-electron chi connectivity index (χ0n) is 13.6. The Morgan fingerprint density at radius 2 is 2.00 bits per heavy atom. The van der Waals surface area contributed by atoms with Crippen LogP contribution in [0.2, 0.25) is 0 Å². The van der Waals surface area contributed by atoms with Crippen molar-refractivity contribution in [3.05, 3.63) is 17.0 Å². The third kappa shape index (κ3) is 4.27. The molecule has 1 aliphatic rings. The predicted octanol–water partition coefficient (Wildman–Crippen LogP) is 1.93. The molecule has 2 heterocycles. The molecular weight excluding hydrogens is 327 g/mol. The Morgan fingerprint density at radius 1 is 1.33 bits per heavy atom. The van der Waals surface area contributed by atoms with Crippen molar-refractivity contribution in [2.45, 2.75) is 45.8 Å². The van der Waals surface area contributed by atoms with E-state index in [2.05, 4.69) is 5.10 Å². The first-order valence-electron chi connectivity index (χ1n) is 7.68. The summed E-state index contributed by atoms with van der Waals surface area (Å²) in [6, 6.07) is 0. The van der Waals surface area contributed by atoms with E-state index in [1.807, 2.05) is 0 Å². The maximum Gasteiger partial charge on any atom is 0.408 e. The average molecular weight is 347 g/mol. The summed E-state index contributed by atoms with van der Waals surface area (Å²) in [6.45, 7) is 2.49. The van der Waals surface area contributed by atoms with Gasteiger partial charge in [-0.25, -0.2) is 0 Å². The largest absolute Gasteiger partial charge is 0.481 e. The quantitative estimate of drug-likeness (QED) is 0.903. The van der Waals surface area contributed by atoms with Gasteiger partial charge in [0.05, 0.1) is 18.0 Å². The SMILES string of the molecule is Cc1nn(CC(F)(F)F)c(C)c1CC(=O)N1CCCC(C(=O)O)C1. The minimum atomic E-state index is -4.38. The molecule has 1 aromatic rings. The lowest BCUT2D eigenvalue weighted by molar-refractivity contribution is -0.145. The summed E-state index contributed by atoms with van der Waals surface area (Å²) in [5.41, 5.74) is 1.17. The van der Waals surface area contributed by atoms with Crippen LogP contribution >= 0.6 is 0 Å². The van der Waals surface area contributed by atoms with Crippen molar-refractivity contribution >= 4 is 11.9 Å². The minimum absolute atomic E-state index is 0.0676. The zero-order chi connectivity index (χ0) is 18.1. The number of hydrogen-bond acceptors (Lipinski definition) is 3. The normalized spacial score (nSPS) is 18.7. The molecule has 0 saturated carbocycles. The number of aromatic nitrogens is 2. The second-order valence-corrected chi connectivity index (χ2v) is 6.12. The van der Waals surface area contributed by atoms with E-state index in [4.69, 9.17) is 5.11 Å². The summed E-state index contributed by atoms with van der Waals surface area (Å²) in [5.74, 6) is -1.80. The van der Waals surface area contributed by atoms with Crippen LogP contribution < -0.4 is 0 Å². The molecule has 1 aliphatic heterocycles. The summed E-state index contributed by atoms with van der Waals surface area (Å²) >= 11 is 0. The second kappa shape index (κ2) is 6.82. The van der Waals surface area contributed by atoms with Crippen molar-refractivity contribution in [1.29, 1.82) is 0 Å². The predicted molar refractivity (Wildman–Crippen MR) is 78.4 cm³/mol. The third-order valence-electron chi connectivity index (χ3n) is 4.31. The number of aliphatic carboxylic acids is 1. The van der Waals surface area contributed by atoms with Gasteiger partial charge in [0, 0.05) is 24.3 Å². The van der Waals surface area contributed by atoms with E-state index < -0.39 is 24.6 Å². The number of carboxylic acid groups (broad SMARTS) is 1. The van der Waals surface area contributed by atoms with Gasteiger partial charge in [0.15, 0.2) is 0 Å². The number of carboxylic acids is 1. The van der Waals surface area contributed by atoms with Crippen LogP contribution in [0.3, 0.4) is 0 Å². The highest BCUT2D eigenvalue weighted by atomic mass is 19.4. The molecule has 0 spiro atoms. The Labute approximate surface area is 137 Å². The van der Waals surface area contributed by atoms with Crippen LogP contribution in [0.5, 0.6) is 0 Å². The Hall–Kier alpha value is -2.06. The van der Waals surface area contributed by atoms with E-state index in [0.717, 1.165) is 4.68 Å². The van der Waals surface area contributed by atoms with Crippen molar-refractivity contribution in [1.82, 2.24) is 14.7 Å². The molecule has 0 aliphatic carbocycles. The van der Waals surface area contributed by atoms with Gasteiger partial charge in [-0.2, -0.15) is 18.3 Å². The fourth-order valence-corrected chi connectivity index (χ4v) is 2.98. The minimum Gasteiger partial charge on any atom is -0.481 e. The molecule has 1 fully saturated rings. The van der Waals surface area contributed by atoms with Crippen molar-refractivity contribution in [2.75, 3.05) is 13.1 Å². The summed E-state index contributed by atoms with van der Waals surface area (Å²) in [4.78, 5) is 25.0. The Kier molecular flexibility index (Phi) is 5.19. The summed E-state index contributed by atoms with van der Waals surface area (Å²) in [7, 11) is 0. The first-order chi connectivity index (χ1) is 11.1. The van der Waals surface area contributed by atoms with Crippen molar-refractivity contribution in [3.63, 3.8) is 0 Å². The number of rotatable bonds is 4. The van der Waals surface area contributed by atoms with Gasteiger partial charge in [0.1, 0.15) is 6.54 Å². The Bertz CT molecular complexity index is 640. The first-order valence-corrected chi connectivity index (χ1v) is 7.68. The molecule has 1 atom stereocenters. The molecule has 134 valence electrons. The molecule has 1 N–H and O–H groups in total. The second-order valence-electron chi connectivity index (χ2n) is 6.12. The van der Waals surface area contributed by atoms with E-state index in [0.29, 0.717) is 36.3 Å². The molecule has 1 unspecified atom stereocenters. The molecule has 9 heteroatoms. The molecule has 1 amide bonds. The van der Waals surface area contributed by atoms with Crippen molar-refractivity contribution in [3.8, 4) is 0 Å². The van der Waals surface area contributed by atoms with Crippen molar-refractivity contribution in [2.24, 2.45) is 5.92 Å². The van der Waals surface area contributed by atoms with Gasteiger partial charge in [-0.3, -0.25) is 14.3 Å². The molecule has 24 heavy (non-hydrogen) atoms. The third-order valence-corrected chi connectivity index (χ3v) is 4.31. The summed E-state index contributed by atoms with van der Waals surface area (Å²) in [5, 5.41) is 12.9. The van der Waals surface area contributed by atoms with Gasteiger partial charge < -0.3 is 10.0 Å². The van der Waals surface area contributed by atoms with Gasteiger partial charge in [0.25, 0.3) is 0 Å². The molecule has 0 radical (unpaired) electrons. The number of halogens is 3. The van der Waals surface area contributed by atoms with Crippen LogP contribution in [-0.4, -0.2) is 50.9 Å². The van der Waals surface area contributed by atoms with E-state index in [9.17, 15) is 22.8 Å². The van der Waals surface area contributed by atoms with Gasteiger partial charge in [-0.1, -0.05) is 0 Å². The van der Waals surface area contributed by atoms with Crippen LogP contribution in [0, 0.1) is 19.8 Å². The maximum absolute atomic E-state index is 12.5. The molecule has 0 bridgehead atoms. The topological polar surface area (TPSA) is 75.4 Å². The molecule has 1 aromatic heterocycles. The molecule has 6 nitrogen and oxygen atoms in total. The zero-order valence-corrected chi connectivity index (χ0v) is 13.6. The van der Waals surface area contributed by atoms with Crippen molar-refractivity contribution < 1.29 is 27.9 Å². The molecular formula is C15H20F3N3O3. The summed E-state index contributed by atoms with van der Waals surface area (Å²) in [6.07, 6.45) is -3.32. The number of amides is 1. The average Bonchev–Trinajstić information content (AvgIpc) is 2.73. The van der Waals surface area contributed by atoms with Crippen LogP contribution in [0.15, 0.2) is 0 Å². The highest BCUT2D eigenvalue weighted by molar-refractivity contribution is 5.80. The van der Waals surface area contributed by atoms with E-state index in [1.54, 1.807) is 6.92 Å². The number of piperidine rings is 1. The highest BCUT2D eigenvalue weighted by Gasteiger charge is 2.31. The lowest BCUT2D eigenvalue weighted by atomic mass is 9.97. The van der Waals surface area contributed by atoms with E-state index >= 15 is 0 Å². The van der Waals surface area contributed by atoms with Gasteiger partial charge in [0.2, 0.25) is 5.91 Å². The van der Waals surface area contributed by atoms with E-state index in [-0.39, 0.29) is 18.9 Å². The number of carbonyl (C=O) groups is 2. The Morgan fingerprint density at radius 3 is 2.58 bits per heavy atom. The van der Waals surface area contributed by atoms with Gasteiger partial charge in [-0.15, -0.1) is 0 Å². The molecule has 2 rings (SSSR count). The Balaban J connectivity index is 2.10. The standard InChI is InChI=1S/C15H20F3N3O3/c1-9-12(10(2)21(19-9)8-15(16,17)18)6-13(22)20-5-3-4-11(7-20)14(23)24/h11H,3-8H2,1-2H3,(H,23,24). The first kappa shape index (κ1) is 18.3. The molecule has 1 saturated heterocycles. The monoisotopic (exact) mass is 347 g/mol. The fourth-order valence-electron chi connectivity index (χ4n) is 2.98. The lowest BCUT2D eigenvalue weighted by Gasteiger charge is -2.30. The number of alkyl halides is 3. The van der Waals surface area contributed by atoms with Gasteiger partial charge >= 0.3 is 12.1 Å². The maximum atomic E-state index is 12.5. The van der Waals surface area contributed by atoms with Crippen LogP contribution in [0.1, 0.15) is 29.8 Å². The lowest BCUT2D eigenvalue weighted by Crippen LogP contribution is -2.43. The summed E-state index contributed by atoms with van der Waals surface area (Å²) < 4.78 is 38.5. The van der Waals surface area contributed by atoms with Crippen LogP contribution in [-0.2, 0) is 22.6 Å². The number of carbonyl (C=O) groups excluding carboxylic acids is 1. The number of likely N-dealkylation sites (tertiary alicyclic amines) is 1.